The Labute approximate surface area is 168 Å². The van der Waals surface area contributed by atoms with Crippen molar-refractivity contribution < 1.29 is 32.5 Å². The first kappa shape index (κ1) is 26.3. The minimum Gasteiger partial charge on any atom is -0.497 e. The Kier molecular flexibility index (Phi) is 11.3. The zero-order valence-electron chi connectivity index (χ0n) is 17.6. The summed E-state index contributed by atoms with van der Waals surface area (Å²) in [5, 5.41) is 7.79. The molecule has 0 amide bonds. The number of carbonyl (C=O) groups is 1. The van der Waals surface area contributed by atoms with Gasteiger partial charge in [0.25, 0.3) is 0 Å². The molecule has 1 rings (SSSR count). The van der Waals surface area contributed by atoms with E-state index in [1.165, 1.54) is 11.4 Å². The maximum Gasteiger partial charge on any atom is 0.329 e. The van der Waals surface area contributed by atoms with Gasteiger partial charge < -0.3 is 19.3 Å². The number of sulfonamides is 1. The summed E-state index contributed by atoms with van der Waals surface area (Å²) in [6.45, 7) is 12.1. The predicted octanol–water partition coefficient (Wildman–Crippen LogP) is 2.54. The number of nitrogens with zero attached hydrogens (tertiary/aromatic N) is 1. The van der Waals surface area contributed by atoms with E-state index in [4.69, 9.17) is 14.6 Å². The van der Waals surface area contributed by atoms with Gasteiger partial charge in [0.15, 0.2) is 0 Å². The fraction of sp³-hybridized carbons (Fsp3) is 0.632. The summed E-state index contributed by atoms with van der Waals surface area (Å²) in [7, 11) is -0.689. The molecule has 162 valence electrons. The zero-order chi connectivity index (χ0) is 22.0. The highest BCUT2D eigenvalue weighted by Gasteiger charge is 2.35. The second-order valence-corrected chi connectivity index (χ2v) is 8.70. The Morgan fingerprint density at radius 1 is 1.36 bits per heavy atom. The van der Waals surface area contributed by atoms with Gasteiger partial charge in [-0.25, -0.2) is 13.2 Å². The van der Waals surface area contributed by atoms with E-state index in [1.54, 1.807) is 20.1 Å². The zero-order valence-corrected chi connectivity index (χ0v) is 18.5. The number of hydrogen-bond donors (Lipinski definition) is 1. The molecule has 1 N–H and O–H groups in total. The molecular formula is C19H33NO7S. The average molecular weight is 420 g/mol. The minimum atomic E-state index is -3.59. The van der Waals surface area contributed by atoms with Gasteiger partial charge in [0.2, 0.25) is 10.0 Å². The number of carboxylic acid groups (broad SMARTS) is 1. The molecule has 1 saturated heterocycles. The van der Waals surface area contributed by atoms with Gasteiger partial charge in [-0.2, -0.15) is 4.31 Å². The summed E-state index contributed by atoms with van der Waals surface area (Å²) in [6.07, 6.45) is 4.40. The van der Waals surface area contributed by atoms with E-state index in [0.29, 0.717) is 31.0 Å². The summed E-state index contributed by atoms with van der Waals surface area (Å²) in [5.41, 5.74) is 0.0917. The minimum absolute atomic E-state index is 0.101. The van der Waals surface area contributed by atoms with Gasteiger partial charge in [0.05, 0.1) is 24.2 Å². The molecule has 0 aromatic heterocycles. The number of morpholine rings is 1. The van der Waals surface area contributed by atoms with E-state index in [1.807, 2.05) is 26.8 Å². The Hall–Kier alpha value is -1.68. The number of aliphatic carboxylic acids is 1. The van der Waals surface area contributed by atoms with Crippen LogP contribution in [0.4, 0.5) is 0 Å². The molecule has 1 aliphatic heterocycles. The highest BCUT2D eigenvalue weighted by molar-refractivity contribution is 7.93. The van der Waals surface area contributed by atoms with Crippen LogP contribution in [0.25, 0.3) is 0 Å². The number of allylic oxidation sites excluding steroid dienone is 3. The van der Waals surface area contributed by atoms with E-state index in [-0.39, 0.29) is 11.5 Å². The third-order valence-electron chi connectivity index (χ3n) is 3.75. The number of methoxy groups -OCH3 is 2. The van der Waals surface area contributed by atoms with Crippen molar-refractivity contribution >= 4 is 16.0 Å². The first-order valence-electron chi connectivity index (χ1n) is 8.87. The molecular weight excluding hydrogens is 386 g/mol. The maximum absolute atomic E-state index is 12.7. The molecule has 9 heteroatoms. The molecule has 0 aromatic carbocycles. The van der Waals surface area contributed by atoms with Gasteiger partial charge in [0.1, 0.15) is 12.4 Å². The lowest BCUT2D eigenvalue weighted by Crippen LogP contribution is -2.50. The Bertz CT molecular complexity index is 693. The van der Waals surface area contributed by atoms with Crippen LogP contribution in [0.1, 0.15) is 34.1 Å². The monoisotopic (exact) mass is 419 g/mol. The second kappa shape index (κ2) is 12.0. The molecule has 0 unspecified atom stereocenters. The van der Waals surface area contributed by atoms with E-state index in [0.717, 1.165) is 6.42 Å². The smallest absolute Gasteiger partial charge is 0.329 e. The Morgan fingerprint density at radius 2 is 1.96 bits per heavy atom. The lowest BCUT2D eigenvalue weighted by molar-refractivity contribution is -0.141. The molecule has 0 atom stereocenters. The van der Waals surface area contributed by atoms with Crippen LogP contribution in [0.2, 0.25) is 0 Å². The SMILES string of the molecule is C=C(/C(C)=C\C(=C/CC)OC)S(=O)(=O)N1CCOC(C)(C)C1.COCC(=O)O. The van der Waals surface area contributed by atoms with E-state index < -0.39 is 21.6 Å². The van der Waals surface area contributed by atoms with Crippen LogP contribution in [-0.4, -0.2) is 69.9 Å². The molecule has 0 radical (unpaired) electrons. The first-order chi connectivity index (χ1) is 12.9. The van der Waals surface area contributed by atoms with Crippen molar-refractivity contribution in [3.63, 3.8) is 0 Å². The lowest BCUT2D eigenvalue weighted by atomic mass is 10.1. The van der Waals surface area contributed by atoms with E-state index in [2.05, 4.69) is 11.3 Å². The third-order valence-corrected chi connectivity index (χ3v) is 5.69. The van der Waals surface area contributed by atoms with Crippen molar-refractivity contribution in [2.45, 2.75) is 39.7 Å². The van der Waals surface area contributed by atoms with Crippen LogP contribution in [0, 0.1) is 0 Å². The van der Waals surface area contributed by atoms with Crippen molar-refractivity contribution in [1.82, 2.24) is 4.31 Å². The number of carboxylic acids is 1. The van der Waals surface area contributed by atoms with Crippen LogP contribution in [-0.2, 0) is 29.0 Å². The molecule has 0 aliphatic carbocycles. The van der Waals surface area contributed by atoms with Gasteiger partial charge in [-0.1, -0.05) is 13.5 Å². The molecule has 0 spiro atoms. The standard InChI is InChI=1S/C16H27NO4S.C3H6O3/c1-7-8-15(20-6)11-13(2)14(3)22(18,19)17-9-10-21-16(4,5)12-17;1-6-2-3(4)5/h8,11H,3,7,9-10,12H2,1-2,4-6H3;2H2,1H3,(H,4,5)/b13-11-,15-8+;. The van der Waals surface area contributed by atoms with Crippen LogP contribution in [0.3, 0.4) is 0 Å². The van der Waals surface area contributed by atoms with Crippen molar-refractivity contribution in [1.29, 1.82) is 0 Å². The fourth-order valence-electron chi connectivity index (χ4n) is 2.36. The van der Waals surface area contributed by atoms with Crippen molar-refractivity contribution in [3.05, 3.63) is 35.0 Å². The molecule has 1 aliphatic rings. The summed E-state index contributed by atoms with van der Waals surface area (Å²) >= 11 is 0. The highest BCUT2D eigenvalue weighted by Crippen LogP contribution is 2.26. The van der Waals surface area contributed by atoms with E-state index >= 15 is 0 Å². The predicted molar refractivity (Wildman–Crippen MR) is 108 cm³/mol. The van der Waals surface area contributed by atoms with Crippen LogP contribution < -0.4 is 0 Å². The second-order valence-electron chi connectivity index (χ2n) is 6.74. The Balaban J connectivity index is 0.00000105. The van der Waals surface area contributed by atoms with Crippen LogP contribution in [0.15, 0.2) is 35.0 Å². The van der Waals surface area contributed by atoms with Gasteiger partial charge >= 0.3 is 5.97 Å². The average Bonchev–Trinajstić information content (AvgIpc) is 2.60. The van der Waals surface area contributed by atoms with Gasteiger partial charge in [-0.3, -0.25) is 0 Å². The molecule has 0 saturated carbocycles. The molecule has 0 aromatic rings. The third kappa shape index (κ3) is 9.01. The van der Waals surface area contributed by atoms with Crippen LogP contribution in [0.5, 0.6) is 0 Å². The molecule has 1 heterocycles. The molecule has 1 fully saturated rings. The number of hydrogen-bond acceptors (Lipinski definition) is 6. The molecule has 28 heavy (non-hydrogen) atoms. The summed E-state index contributed by atoms with van der Waals surface area (Å²) in [6, 6.07) is 0. The molecule has 8 nitrogen and oxygen atoms in total. The summed E-state index contributed by atoms with van der Waals surface area (Å²) < 4.78 is 41.8. The summed E-state index contributed by atoms with van der Waals surface area (Å²) in [5.74, 6) is -0.295. The topological polar surface area (TPSA) is 102 Å². The first-order valence-corrected chi connectivity index (χ1v) is 10.3. The van der Waals surface area contributed by atoms with Crippen LogP contribution >= 0.6 is 0 Å². The highest BCUT2D eigenvalue weighted by atomic mass is 32.2. The fourth-order valence-corrected chi connectivity index (χ4v) is 3.93. The van der Waals surface area contributed by atoms with Gasteiger partial charge in [-0.05, 0) is 44.9 Å². The Morgan fingerprint density at radius 3 is 2.36 bits per heavy atom. The van der Waals surface area contributed by atoms with Gasteiger partial charge in [-0.15, -0.1) is 0 Å². The van der Waals surface area contributed by atoms with Crippen molar-refractivity contribution in [2.75, 3.05) is 40.5 Å². The van der Waals surface area contributed by atoms with E-state index in [9.17, 15) is 13.2 Å². The number of ether oxygens (including phenoxy) is 3. The number of rotatable bonds is 8. The maximum atomic E-state index is 12.7. The normalized spacial score (nSPS) is 18.1. The quantitative estimate of drug-likeness (QED) is 0.476. The largest absolute Gasteiger partial charge is 0.497 e. The summed E-state index contributed by atoms with van der Waals surface area (Å²) in [4.78, 5) is 9.58. The van der Waals surface area contributed by atoms with Crippen molar-refractivity contribution in [3.8, 4) is 0 Å². The van der Waals surface area contributed by atoms with Crippen molar-refractivity contribution in [2.24, 2.45) is 0 Å². The lowest BCUT2D eigenvalue weighted by Gasteiger charge is -2.37. The molecule has 0 bridgehead atoms. The van der Waals surface area contributed by atoms with Gasteiger partial charge in [0, 0.05) is 20.2 Å².